The fourth-order valence-electron chi connectivity index (χ4n) is 4.20. The third kappa shape index (κ3) is 6.07. The van der Waals surface area contributed by atoms with E-state index in [1.165, 1.54) is 18.2 Å². The van der Waals surface area contributed by atoms with Crippen LogP contribution >= 0.6 is 11.3 Å². The normalized spacial score (nSPS) is 16.6. The molecule has 210 valence electrons. The molecule has 3 aromatic rings. The third-order valence-corrected chi connectivity index (χ3v) is 7.36. The van der Waals surface area contributed by atoms with Crippen LogP contribution in [-0.2, 0) is 14.3 Å². The summed E-state index contributed by atoms with van der Waals surface area (Å²) in [5.41, 5.74) is 0.659. The van der Waals surface area contributed by atoms with E-state index in [0.717, 1.165) is 29.1 Å². The molecule has 10 heteroatoms. The predicted molar refractivity (Wildman–Crippen MR) is 150 cm³/mol. The SMILES string of the molecule is CCCCOc1ccc(C(O)=C2C(=O)C(=O)N(c3nc(C)c(C(=O)OCC(C)C)s3)[C@H]2c2cccc(F)c2)cc1. The highest BCUT2D eigenvalue weighted by molar-refractivity contribution is 7.17. The lowest BCUT2D eigenvalue weighted by Crippen LogP contribution is -2.29. The van der Waals surface area contributed by atoms with Crippen LogP contribution in [0.2, 0.25) is 0 Å². The standard InChI is InChI=1S/C30H31FN2O6S/c1-5-6-14-38-22-12-10-19(11-13-22)25(34)23-24(20-8-7-9-21(31)15-20)33(28(36)26(23)35)30-32-18(4)27(40-30)29(37)39-16-17(2)3/h7-13,15,17,24,34H,5-6,14,16H2,1-4H3/t24-/m0/s1. The molecule has 2 heterocycles. The van der Waals surface area contributed by atoms with Crippen LogP contribution in [0.1, 0.15) is 66.1 Å². The molecular formula is C30H31FN2O6S. The number of benzene rings is 2. The number of halogens is 1. The zero-order valence-electron chi connectivity index (χ0n) is 22.8. The van der Waals surface area contributed by atoms with E-state index in [9.17, 15) is 23.9 Å². The van der Waals surface area contributed by atoms with Crippen molar-refractivity contribution >= 4 is 39.9 Å². The summed E-state index contributed by atoms with van der Waals surface area (Å²) >= 11 is 0.899. The number of ketones is 1. The van der Waals surface area contributed by atoms with Crippen molar-refractivity contribution in [3.8, 4) is 5.75 Å². The molecule has 8 nitrogen and oxygen atoms in total. The van der Waals surface area contributed by atoms with Crippen molar-refractivity contribution in [3.05, 3.63) is 81.6 Å². The fourth-order valence-corrected chi connectivity index (χ4v) is 5.19. The van der Waals surface area contributed by atoms with Gasteiger partial charge in [0.1, 0.15) is 22.2 Å². The van der Waals surface area contributed by atoms with E-state index in [1.54, 1.807) is 37.3 Å². The quantitative estimate of drug-likeness (QED) is 0.102. The number of Topliss-reactive ketones (excluding diaryl/α,β-unsaturated/α-hetero) is 1. The minimum Gasteiger partial charge on any atom is -0.507 e. The molecule has 1 atom stereocenters. The second-order valence-corrected chi connectivity index (χ2v) is 10.8. The van der Waals surface area contributed by atoms with Gasteiger partial charge in [0.15, 0.2) is 5.13 Å². The topological polar surface area (TPSA) is 106 Å². The Hall–Kier alpha value is -4.05. The molecular weight excluding hydrogens is 535 g/mol. The highest BCUT2D eigenvalue weighted by atomic mass is 32.1. The van der Waals surface area contributed by atoms with E-state index < -0.39 is 35.3 Å². The first-order valence-electron chi connectivity index (χ1n) is 13.1. The number of aromatic nitrogens is 1. The monoisotopic (exact) mass is 566 g/mol. The molecule has 1 aromatic heterocycles. The number of carbonyl (C=O) groups excluding carboxylic acids is 3. The highest BCUT2D eigenvalue weighted by Gasteiger charge is 2.48. The largest absolute Gasteiger partial charge is 0.507 e. The molecule has 0 spiro atoms. The Labute approximate surface area is 236 Å². The van der Waals surface area contributed by atoms with Crippen LogP contribution < -0.4 is 9.64 Å². The summed E-state index contributed by atoms with van der Waals surface area (Å²) in [5, 5.41) is 11.4. The maximum atomic E-state index is 14.3. The second kappa shape index (κ2) is 12.4. The Morgan fingerprint density at radius 1 is 1.18 bits per heavy atom. The summed E-state index contributed by atoms with van der Waals surface area (Å²) in [7, 11) is 0. The summed E-state index contributed by atoms with van der Waals surface area (Å²) < 4.78 is 25.3. The fraction of sp³-hybridized carbons (Fsp3) is 0.333. The molecule has 0 unspecified atom stereocenters. The number of hydrogen-bond donors (Lipinski definition) is 1. The number of rotatable bonds is 10. The molecule has 4 rings (SSSR count). The van der Waals surface area contributed by atoms with E-state index in [0.29, 0.717) is 18.1 Å². The van der Waals surface area contributed by atoms with Gasteiger partial charge in [0, 0.05) is 5.56 Å². The molecule has 0 bridgehead atoms. The molecule has 40 heavy (non-hydrogen) atoms. The van der Waals surface area contributed by atoms with Gasteiger partial charge in [-0.3, -0.25) is 14.5 Å². The Kier molecular flexibility index (Phi) is 8.99. The average Bonchev–Trinajstić information content (AvgIpc) is 3.44. The van der Waals surface area contributed by atoms with E-state index in [4.69, 9.17) is 9.47 Å². The van der Waals surface area contributed by atoms with Crippen molar-refractivity contribution in [1.29, 1.82) is 0 Å². The molecule has 0 saturated carbocycles. The molecule has 1 N–H and O–H groups in total. The maximum absolute atomic E-state index is 14.3. The van der Waals surface area contributed by atoms with Crippen molar-refractivity contribution in [1.82, 2.24) is 4.98 Å². The zero-order chi connectivity index (χ0) is 29.0. The van der Waals surface area contributed by atoms with Crippen molar-refractivity contribution in [2.75, 3.05) is 18.1 Å². The molecule has 1 aliphatic heterocycles. The lowest BCUT2D eigenvalue weighted by atomic mass is 9.95. The molecule has 1 saturated heterocycles. The van der Waals surface area contributed by atoms with Crippen LogP contribution in [-0.4, -0.2) is 41.0 Å². The van der Waals surface area contributed by atoms with Gasteiger partial charge in [-0.15, -0.1) is 0 Å². The molecule has 0 aliphatic carbocycles. The summed E-state index contributed by atoms with van der Waals surface area (Å²) in [4.78, 5) is 45.1. The van der Waals surface area contributed by atoms with Crippen molar-refractivity contribution in [2.24, 2.45) is 5.92 Å². The second-order valence-electron chi connectivity index (χ2n) is 9.85. The Balaban J connectivity index is 1.78. The van der Waals surface area contributed by atoms with Gasteiger partial charge in [0.25, 0.3) is 5.78 Å². The zero-order valence-corrected chi connectivity index (χ0v) is 23.6. The van der Waals surface area contributed by atoms with Gasteiger partial charge in [-0.1, -0.05) is 50.7 Å². The van der Waals surface area contributed by atoms with E-state index in [2.05, 4.69) is 11.9 Å². The Morgan fingerprint density at radius 2 is 1.90 bits per heavy atom. The number of aliphatic hydroxyl groups excluding tert-OH is 1. The summed E-state index contributed by atoms with van der Waals surface area (Å²) in [6, 6.07) is 10.8. The minimum absolute atomic E-state index is 0.0593. The predicted octanol–water partition coefficient (Wildman–Crippen LogP) is 6.21. The molecule has 1 amide bonds. The van der Waals surface area contributed by atoms with Crippen molar-refractivity contribution < 1.29 is 33.4 Å². The average molecular weight is 567 g/mol. The molecule has 1 aliphatic rings. The van der Waals surface area contributed by atoms with E-state index in [1.807, 2.05) is 13.8 Å². The van der Waals surface area contributed by atoms with Crippen LogP contribution in [0, 0.1) is 18.7 Å². The number of aryl methyl sites for hydroxylation is 1. The molecule has 0 radical (unpaired) electrons. The van der Waals surface area contributed by atoms with Crippen LogP contribution in [0.15, 0.2) is 54.1 Å². The van der Waals surface area contributed by atoms with Crippen molar-refractivity contribution in [2.45, 2.75) is 46.6 Å². The summed E-state index contributed by atoms with van der Waals surface area (Å²) in [6.45, 7) is 8.23. The van der Waals surface area contributed by atoms with Crippen LogP contribution in [0.4, 0.5) is 9.52 Å². The van der Waals surface area contributed by atoms with Crippen molar-refractivity contribution in [3.63, 3.8) is 0 Å². The Bertz CT molecular complexity index is 1450. The number of aliphatic hydroxyl groups is 1. The number of thiazole rings is 1. The number of amides is 1. The van der Waals surface area contributed by atoms with Gasteiger partial charge in [-0.05, 0) is 61.2 Å². The summed E-state index contributed by atoms with van der Waals surface area (Å²) in [6.07, 6.45) is 1.88. The van der Waals surface area contributed by atoms with Gasteiger partial charge in [-0.2, -0.15) is 0 Å². The number of nitrogens with zero attached hydrogens (tertiary/aromatic N) is 2. The first-order chi connectivity index (χ1) is 19.1. The maximum Gasteiger partial charge on any atom is 0.350 e. The number of hydrogen-bond acceptors (Lipinski definition) is 8. The van der Waals surface area contributed by atoms with Gasteiger partial charge < -0.3 is 14.6 Å². The molecule has 1 fully saturated rings. The van der Waals surface area contributed by atoms with Gasteiger partial charge >= 0.3 is 11.9 Å². The van der Waals surface area contributed by atoms with Gasteiger partial charge in [0.05, 0.1) is 30.5 Å². The Morgan fingerprint density at radius 3 is 2.55 bits per heavy atom. The number of ether oxygens (including phenoxy) is 2. The summed E-state index contributed by atoms with van der Waals surface area (Å²) in [5.74, 6) is -2.76. The van der Waals surface area contributed by atoms with Gasteiger partial charge in [-0.25, -0.2) is 14.2 Å². The number of anilines is 1. The van der Waals surface area contributed by atoms with Crippen LogP contribution in [0.25, 0.3) is 5.76 Å². The van der Waals surface area contributed by atoms with Crippen LogP contribution in [0.3, 0.4) is 0 Å². The number of unbranched alkanes of at least 4 members (excludes halogenated alkanes) is 1. The third-order valence-electron chi connectivity index (χ3n) is 6.23. The lowest BCUT2D eigenvalue weighted by Gasteiger charge is -2.23. The van der Waals surface area contributed by atoms with Crippen LogP contribution in [0.5, 0.6) is 5.75 Å². The minimum atomic E-state index is -1.18. The van der Waals surface area contributed by atoms with Gasteiger partial charge in [0.2, 0.25) is 0 Å². The first-order valence-corrected chi connectivity index (χ1v) is 13.9. The smallest absolute Gasteiger partial charge is 0.350 e. The first kappa shape index (κ1) is 28.9. The number of esters is 1. The molecule has 2 aromatic carbocycles. The van der Waals surface area contributed by atoms with E-state index >= 15 is 0 Å². The lowest BCUT2D eigenvalue weighted by molar-refractivity contribution is -0.132. The van der Waals surface area contributed by atoms with E-state index in [-0.39, 0.29) is 39.2 Å². The highest BCUT2D eigenvalue weighted by Crippen LogP contribution is 2.44. The number of carbonyl (C=O) groups is 3.